The van der Waals surface area contributed by atoms with E-state index in [-0.39, 0.29) is 16.7 Å². The summed E-state index contributed by atoms with van der Waals surface area (Å²) in [5.41, 5.74) is -1.19. The summed E-state index contributed by atoms with van der Waals surface area (Å²) in [7, 11) is -5.08. The van der Waals surface area contributed by atoms with E-state index >= 15 is 0 Å². The van der Waals surface area contributed by atoms with E-state index in [1.54, 1.807) is 0 Å². The predicted molar refractivity (Wildman–Crippen MR) is 127 cm³/mol. The molecule has 4 atom stereocenters. The molecule has 31 heavy (non-hydrogen) atoms. The summed E-state index contributed by atoms with van der Waals surface area (Å²) < 4.78 is 14.1. The molecule has 1 aromatic heterocycles. The zero-order valence-corrected chi connectivity index (χ0v) is 22.6. The van der Waals surface area contributed by atoms with Crippen LogP contribution in [0.5, 0.6) is 0 Å². The number of H-pyrrole nitrogens is 1. The summed E-state index contributed by atoms with van der Waals surface area (Å²) >= 11 is 0. The minimum absolute atomic E-state index is 0.131. The molecule has 2 heterocycles. The maximum absolute atomic E-state index is 12.7. The average Bonchev–Trinajstić information content (AvgIpc) is 2.86. The van der Waals surface area contributed by atoms with Crippen molar-refractivity contribution in [3.8, 4) is 0 Å². The minimum atomic E-state index is -2.69. The second-order valence-corrected chi connectivity index (χ2v) is 22.0. The summed E-state index contributed by atoms with van der Waals surface area (Å²) in [6.07, 6.45) is -1.38. The van der Waals surface area contributed by atoms with Gasteiger partial charge in [0.15, 0.2) is 14.5 Å². The van der Waals surface area contributed by atoms with Gasteiger partial charge in [0.2, 0.25) is 0 Å². The maximum atomic E-state index is 12.7. The van der Waals surface area contributed by atoms with E-state index in [9.17, 15) is 19.8 Å². The fourth-order valence-electron chi connectivity index (χ4n) is 3.72. The number of aliphatic hydroxyl groups is 2. The Morgan fingerprint density at radius 1 is 1.13 bits per heavy atom. The number of nitrogens with one attached hydrogen (secondary N) is 1. The number of aliphatic hydroxyl groups excluding tert-OH is 1. The quantitative estimate of drug-likeness (QED) is 0.568. The van der Waals surface area contributed by atoms with E-state index in [1.807, 2.05) is 0 Å². The molecular weight excluding hydrogens is 432 g/mol. The summed E-state index contributed by atoms with van der Waals surface area (Å²) in [5, 5.41) is 20.7. The first-order chi connectivity index (χ1) is 13.8. The molecule has 0 aromatic carbocycles. The van der Waals surface area contributed by atoms with E-state index in [0.717, 1.165) is 0 Å². The van der Waals surface area contributed by atoms with Crippen LogP contribution in [0.3, 0.4) is 0 Å². The van der Waals surface area contributed by atoms with Crippen molar-refractivity contribution in [2.75, 3.05) is 6.61 Å². The Kier molecular flexibility index (Phi) is 6.82. The molecule has 0 saturated carbocycles. The largest absolute Gasteiger partial charge is 0.408 e. The Morgan fingerprint density at radius 2 is 1.68 bits per heavy atom. The Morgan fingerprint density at radius 3 is 2.10 bits per heavy atom. The van der Waals surface area contributed by atoms with Gasteiger partial charge in [0, 0.05) is 12.3 Å². The molecule has 0 spiro atoms. The van der Waals surface area contributed by atoms with Crippen LogP contribution in [0, 0.1) is 0 Å². The number of hydrogen-bond donors (Lipinski definition) is 3. The van der Waals surface area contributed by atoms with Crippen LogP contribution in [-0.4, -0.2) is 60.2 Å². The summed E-state index contributed by atoms with van der Waals surface area (Å²) in [4.78, 5) is 26.6. The molecule has 2 rings (SSSR count). The summed E-state index contributed by atoms with van der Waals surface area (Å²) in [6, 6.07) is 1.23. The number of hydrogen-bond acceptors (Lipinski definition) is 6. The molecule has 178 valence electrons. The van der Waals surface area contributed by atoms with Crippen LogP contribution in [-0.2, 0) is 9.16 Å². The van der Waals surface area contributed by atoms with Crippen molar-refractivity contribution in [1.29, 1.82) is 0 Å². The van der Waals surface area contributed by atoms with Crippen molar-refractivity contribution in [2.24, 2.45) is 0 Å². The summed E-state index contributed by atoms with van der Waals surface area (Å²) in [6.45, 7) is 20.5. The van der Waals surface area contributed by atoms with Crippen molar-refractivity contribution < 1.29 is 19.4 Å². The van der Waals surface area contributed by atoms with Crippen molar-refractivity contribution >= 4 is 16.4 Å². The predicted octanol–water partition coefficient (Wildman–Crippen LogP) is 2.60. The topological polar surface area (TPSA) is 114 Å². The van der Waals surface area contributed by atoms with Gasteiger partial charge in [0.1, 0.15) is 17.4 Å². The average molecular weight is 473 g/mol. The van der Waals surface area contributed by atoms with E-state index in [4.69, 9.17) is 9.16 Å². The molecule has 0 bridgehead atoms. The second-order valence-electron chi connectivity index (χ2n) is 11.7. The molecular formula is C21H40N2O6Si2. The number of ether oxygens (including phenoxy) is 1. The zero-order valence-electron chi connectivity index (χ0n) is 20.6. The van der Waals surface area contributed by atoms with Gasteiger partial charge in [0.25, 0.3) is 5.56 Å². The Bertz CT molecular complexity index is 912. The van der Waals surface area contributed by atoms with Crippen molar-refractivity contribution in [3.05, 3.63) is 33.1 Å². The fourth-order valence-corrected chi connectivity index (χ4v) is 8.14. The molecule has 1 aromatic rings. The van der Waals surface area contributed by atoms with Gasteiger partial charge < -0.3 is 19.4 Å². The standard InChI is InChI=1S/C21H40N2O6Si2/c1-19(2,3)30(7,8)21(27)16(29-31(9,10)20(4,5)6)14(13-24)28-17(21)23-12-11-15(25)22-18(23)26/h11-12,14,16-17,24,27H,13H2,1-10H3,(H,22,25,26)/t14-,16-,17-,21+/m1/s1. The molecule has 1 fully saturated rings. The van der Waals surface area contributed by atoms with Crippen LogP contribution >= 0.6 is 0 Å². The normalized spacial score (nSPS) is 28.2. The van der Waals surface area contributed by atoms with E-state index < -0.39 is 51.3 Å². The Balaban J connectivity index is 2.78. The molecule has 10 heteroatoms. The van der Waals surface area contributed by atoms with Crippen LogP contribution in [0.2, 0.25) is 36.3 Å². The smallest absolute Gasteiger partial charge is 0.330 e. The molecule has 0 unspecified atom stereocenters. The van der Waals surface area contributed by atoms with Crippen LogP contribution in [0.25, 0.3) is 0 Å². The van der Waals surface area contributed by atoms with Crippen LogP contribution in [0.15, 0.2) is 21.9 Å². The lowest BCUT2D eigenvalue weighted by molar-refractivity contribution is -0.0715. The van der Waals surface area contributed by atoms with Gasteiger partial charge in [-0.2, -0.15) is 0 Å². The fraction of sp³-hybridized carbons (Fsp3) is 0.810. The molecule has 0 amide bonds. The minimum Gasteiger partial charge on any atom is -0.408 e. The van der Waals surface area contributed by atoms with Crippen molar-refractivity contribution in [3.63, 3.8) is 0 Å². The molecule has 3 N–H and O–H groups in total. The second kappa shape index (κ2) is 8.07. The number of aromatic nitrogens is 2. The lowest BCUT2D eigenvalue weighted by Gasteiger charge is -2.53. The van der Waals surface area contributed by atoms with Gasteiger partial charge in [-0.15, -0.1) is 0 Å². The lowest BCUT2D eigenvalue weighted by Crippen LogP contribution is -2.70. The monoisotopic (exact) mass is 472 g/mol. The van der Waals surface area contributed by atoms with E-state index in [1.165, 1.54) is 16.8 Å². The highest BCUT2D eigenvalue weighted by atomic mass is 28.4. The maximum Gasteiger partial charge on any atom is 0.330 e. The molecule has 0 aliphatic carbocycles. The summed E-state index contributed by atoms with van der Waals surface area (Å²) in [5.74, 6) is 0. The van der Waals surface area contributed by atoms with Gasteiger partial charge in [0.05, 0.1) is 14.7 Å². The first-order valence-corrected chi connectivity index (χ1v) is 16.7. The first-order valence-electron chi connectivity index (χ1n) is 10.8. The number of aromatic amines is 1. The molecule has 1 saturated heterocycles. The SMILES string of the molecule is CC(C)(C)[Si](C)(C)O[C@@H]1[C@@H](CO)O[C@@H](n2ccc(=O)[nH]c2=O)[C@@]1(O)[Si](C)(C)C(C)(C)C. The molecule has 1 aliphatic heterocycles. The molecule has 0 radical (unpaired) electrons. The van der Waals surface area contributed by atoms with E-state index in [2.05, 4.69) is 72.7 Å². The van der Waals surface area contributed by atoms with Gasteiger partial charge in [-0.05, 0) is 23.2 Å². The zero-order chi connectivity index (χ0) is 24.2. The third kappa shape index (κ3) is 4.30. The highest BCUT2D eigenvalue weighted by molar-refractivity contribution is 6.83. The van der Waals surface area contributed by atoms with Crippen LogP contribution in [0.4, 0.5) is 0 Å². The van der Waals surface area contributed by atoms with Crippen LogP contribution < -0.4 is 11.2 Å². The van der Waals surface area contributed by atoms with Gasteiger partial charge in [-0.3, -0.25) is 14.3 Å². The number of nitrogens with zero attached hydrogens (tertiary/aromatic N) is 1. The van der Waals surface area contributed by atoms with E-state index in [0.29, 0.717) is 0 Å². The van der Waals surface area contributed by atoms with Crippen LogP contribution in [0.1, 0.15) is 47.8 Å². The highest BCUT2D eigenvalue weighted by Crippen LogP contribution is 2.54. The molecule has 8 nitrogen and oxygen atoms in total. The van der Waals surface area contributed by atoms with Crippen molar-refractivity contribution in [1.82, 2.24) is 9.55 Å². The Hall–Kier alpha value is -1.05. The Labute approximate surface area is 186 Å². The van der Waals surface area contributed by atoms with Gasteiger partial charge >= 0.3 is 5.69 Å². The lowest BCUT2D eigenvalue weighted by atomic mass is 10.1. The third-order valence-corrected chi connectivity index (χ3v) is 18.6. The highest BCUT2D eigenvalue weighted by Gasteiger charge is 2.69. The first kappa shape index (κ1) is 26.2. The number of rotatable bonds is 5. The van der Waals surface area contributed by atoms with Crippen molar-refractivity contribution in [2.45, 2.75) is 101 Å². The van der Waals surface area contributed by atoms with Gasteiger partial charge in [-0.25, -0.2) is 4.79 Å². The molecule has 1 aliphatic rings. The van der Waals surface area contributed by atoms with Gasteiger partial charge in [-0.1, -0.05) is 54.6 Å². The third-order valence-electron chi connectivity index (χ3n) is 7.84.